The fourth-order valence-electron chi connectivity index (χ4n) is 1.03. The van der Waals surface area contributed by atoms with E-state index in [1.54, 1.807) is 20.8 Å². The second kappa shape index (κ2) is 4.00. The molecule has 0 saturated carbocycles. The number of amides is 4. The zero-order valence-electron chi connectivity index (χ0n) is 9.62. The van der Waals surface area contributed by atoms with Gasteiger partial charge < -0.3 is 20.5 Å². The quantitative estimate of drug-likeness (QED) is 0.489. The van der Waals surface area contributed by atoms with Gasteiger partial charge in [0.15, 0.2) is 0 Å². The van der Waals surface area contributed by atoms with Crippen molar-refractivity contribution < 1.29 is 23.9 Å². The van der Waals surface area contributed by atoms with Crippen LogP contribution in [0, 0.1) is 0 Å². The summed E-state index contributed by atoms with van der Waals surface area (Å²) in [6.07, 6.45) is -2.09. The molecule has 4 amide bonds. The average Bonchev–Trinajstić information content (AvgIpc) is 1.94. The third-order valence-electron chi connectivity index (χ3n) is 1.51. The molecule has 0 radical (unpaired) electrons. The van der Waals surface area contributed by atoms with Gasteiger partial charge in [-0.2, -0.15) is 0 Å². The van der Waals surface area contributed by atoms with Gasteiger partial charge in [0.05, 0.1) is 0 Å². The van der Waals surface area contributed by atoms with Crippen molar-refractivity contribution in [1.82, 2.24) is 16.0 Å². The van der Waals surface area contributed by atoms with Crippen LogP contribution in [0.25, 0.3) is 0 Å². The van der Waals surface area contributed by atoms with Gasteiger partial charge in [0.2, 0.25) is 0 Å². The fraction of sp³-hybridized carbons (Fsp3) is 0.625. The lowest BCUT2D eigenvalue weighted by Gasteiger charge is -2.39. The van der Waals surface area contributed by atoms with Crippen LogP contribution in [0.4, 0.5) is 14.4 Å². The molecule has 1 heterocycles. The molecule has 0 aromatic carbocycles. The Labute approximate surface area is 97.0 Å². The van der Waals surface area contributed by atoms with Crippen LogP contribution in [0.5, 0.6) is 0 Å². The number of nitrogens with two attached hydrogens (primary N) is 1. The molecule has 17 heavy (non-hydrogen) atoms. The van der Waals surface area contributed by atoms with Crippen LogP contribution >= 0.6 is 0 Å². The molecule has 9 heteroatoms. The van der Waals surface area contributed by atoms with E-state index >= 15 is 0 Å². The first-order valence-electron chi connectivity index (χ1n) is 4.72. The maximum absolute atomic E-state index is 11.4. The summed E-state index contributed by atoms with van der Waals surface area (Å²) >= 11 is 0. The Kier molecular flexibility index (Phi) is 3.03. The smallest absolute Gasteiger partial charge is 0.369 e. The molecule has 0 atom stereocenters. The summed E-state index contributed by atoms with van der Waals surface area (Å²) < 4.78 is 9.16. The molecule has 1 rings (SSSR count). The van der Waals surface area contributed by atoms with E-state index in [9.17, 15) is 14.4 Å². The zero-order chi connectivity index (χ0) is 13.3. The van der Waals surface area contributed by atoms with Gasteiger partial charge in [-0.1, -0.05) is 0 Å². The molecule has 0 unspecified atom stereocenters. The van der Waals surface area contributed by atoms with Crippen LogP contribution in [0.3, 0.4) is 0 Å². The monoisotopic (exact) mass is 246 g/mol. The molecular weight excluding hydrogens is 232 g/mol. The van der Waals surface area contributed by atoms with Gasteiger partial charge in [0.1, 0.15) is 0 Å². The second-order valence-electron chi connectivity index (χ2n) is 4.38. The standard InChI is InChI=1S/C8H14N4O5/c1-7(2,3)12-6(15)17-8(16-4(9)13)10-5(14)11-8/h1-3H3,(H2,9,13)(H,12,15)(H2,10,11,14). The molecular formula is C8H14N4O5. The van der Waals surface area contributed by atoms with E-state index < -0.39 is 29.8 Å². The third-order valence-corrected chi connectivity index (χ3v) is 1.51. The highest BCUT2D eigenvalue weighted by molar-refractivity contribution is 5.83. The van der Waals surface area contributed by atoms with Crippen molar-refractivity contribution in [2.24, 2.45) is 5.73 Å². The Hall–Kier alpha value is -2.19. The molecule has 0 spiro atoms. The highest BCUT2D eigenvalue weighted by Crippen LogP contribution is 2.14. The van der Waals surface area contributed by atoms with E-state index in [0.717, 1.165) is 0 Å². The predicted molar refractivity (Wildman–Crippen MR) is 54.4 cm³/mol. The van der Waals surface area contributed by atoms with Crippen molar-refractivity contribution >= 4 is 18.2 Å². The second-order valence-corrected chi connectivity index (χ2v) is 4.38. The van der Waals surface area contributed by atoms with Crippen LogP contribution in [-0.4, -0.2) is 29.8 Å². The van der Waals surface area contributed by atoms with Crippen LogP contribution in [-0.2, 0) is 9.47 Å². The van der Waals surface area contributed by atoms with Gasteiger partial charge >= 0.3 is 24.3 Å². The van der Waals surface area contributed by atoms with E-state index in [0.29, 0.717) is 0 Å². The first kappa shape index (κ1) is 12.9. The van der Waals surface area contributed by atoms with Crippen molar-refractivity contribution in [1.29, 1.82) is 0 Å². The van der Waals surface area contributed by atoms with E-state index in [1.807, 2.05) is 10.6 Å². The summed E-state index contributed by atoms with van der Waals surface area (Å²) in [6.45, 7) is 5.17. The maximum atomic E-state index is 11.4. The summed E-state index contributed by atoms with van der Waals surface area (Å²) in [5.74, 6) is 0. The number of ether oxygens (including phenoxy) is 2. The Morgan fingerprint density at radius 2 is 1.82 bits per heavy atom. The molecule has 0 aromatic rings. The Balaban J connectivity index is 2.59. The number of carbonyl (C=O) groups is 3. The number of hydrogen-bond acceptors (Lipinski definition) is 5. The molecule has 1 fully saturated rings. The molecule has 0 aromatic heterocycles. The Morgan fingerprint density at radius 1 is 1.29 bits per heavy atom. The SMILES string of the molecule is CC(C)(C)NC(=O)OC1(OC(N)=O)NC(=O)N1. The summed E-state index contributed by atoms with van der Waals surface area (Å²) in [4.78, 5) is 32.7. The molecule has 1 saturated heterocycles. The highest BCUT2D eigenvalue weighted by atomic mass is 16.8. The lowest BCUT2D eigenvalue weighted by Crippen LogP contribution is -2.78. The van der Waals surface area contributed by atoms with Gasteiger partial charge in [-0.05, 0) is 20.8 Å². The normalized spacial score (nSPS) is 17.0. The number of nitrogens with one attached hydrogen (secondary N) is 3. The average molecular weight is 246 g/mol. The minimum atomic E-state index is -2.03. The summed E-state index contributed by atoms with van der Waals surface area (Å²) in [5, 5.41) is 6.54. The number of primary amides is 1. The van der Waals surface area contributed by atoms with Crippen LogP contribution < -0.4 is 21.7 Å². The van der Waals surface area contributed by atoms with Gasteiger partial charge in [-0.15, -0.1) is 0 Å². The highest BCUT2D eigenvalue weighted by Gasteiger charge is 2.51. The Bertz CT molecular complexity index is 353. The van der Waals surface area contributed by atoms with Crippen molar-refractivity contribution in [2.45, 2.75) is 32.3 Å². The number of hydrogen-bond donors (Lipinski definition) is 4. The summed E-state index contributed by atoms with van der Waals surface area (Å²) in [6, 6.07) is -2.69. The molecule has 9 nitrogen and oxygen atoms in total. The van der Waals surface area contributed by atoms with Gasteiger partial charge in [-0.25, -0.2) is 25.0 Å². The van der Waals surface area contributed by atoms with Crippen LogP contribution in [0.1, 0.15) is 20.8 Å². The van der Waals surface area contributed by atoms with E-state index in [1.165, 1.54) is 0 Å². The fourth-order valence-corrected chi connectivity index (χ4v) is 1.03. The first-order valence-corrected chi connectivity index (χ1v) is 4.72. The number of rotatable bonds is 2. The minimum absolute atomic E-state index is 0.543. The lowest BCUT2D eigenvalue weighted by atomic mass is 10.1. The van der Waals surface area contributed by atoms with Crippen molar-refractivity contribution in [3.05, 3.63) is 0 Å². The summed E-state index contributed by atoms with van der Waals surface area (Å²) in [5.41, 5.74) is 4.23. The zero-order valence-corrected chi connectivity index (χ0v) is 9.62. The van der Waals surface area contributed by atoms with Gasteiger partial charge in [0, 0.05) is 5.54 Å². The molecule has 5 N–H and O–H groups in total. The van der Waals surface area contributed by atoms with E-state index in [-0.39, 0.29) is 0 Å². The number of alkyl carbamates (subject to hydrolysis) is 1. The molecule has 1 aliphatic rings. The van der Waals surface area contributed by atoms with Gasteiger partial charge in [0.25, 0.3) is 0 Å². The van der Waals surface area contributed by atoms with Crippen LogP contribution in [0.2, 0.25) is 0 Å². The molecule has 1 aliphatic heterocycles. The molecule has 0 aliphatic carbocycles. The van der Waals surface area contributed by atoms with Crippen molar-refractivity contribution in [3.8, 4) is 0 Å². The Morgan fingerprint density at radius 3 is 2.18 bits per heavy atom. The van der Waals surface area contributed by atoms with Crippen molar-refractivity contribution in [3.63, 3.8) is 0 Å². The largest absolute Gasteiger partial charge is 0.443 e. The predicted octanol–water partition coefficient (Wildman–Crippen LogP) is -0.469. The number of urea groups is 1. The van der Waals surface area contributed by atoms with E-state index in [4.69, 9.17) is 10.5 Å². The molecule has 0 bridgehead atoms. The van der Waals surface area contributed by atoms with E-state index in [2.05, 4.69) is 10.1 Å². The van der Waals surface area contributed by atoms with Gasteiger partial charge in [-0.3, -0.25) is 0 Å². The minimum Gasteiger partial charge on any atom is -0.369 e. The third kappa shape index (κ3) is 3.70. The lowest BCUT2D eigenvalue weighted by molar-refractivity contribution is -0.213. The number of carbonyl (C=O) groups excluding carboxylic acids is 3. The van der Waals surface area contributed by atoms with Crippen LogP contribution in [0.15, 0.2) is 0 Å². The first-order chi connectivity index (χ1) is 7.62. The molecule has 96 valence electrons. The summed E-state index contributed by atoms with van der Waals surface area (Å²) in [7, 11) is 0. The van der Waals surface area contributed by atoms with Crippen molar-refractivity contribution in [2.75, 3.05) is 0 Å². The topological polar surface area (TPSA) is 132 Å². The maximum Gasteiger partial charge on any atom is 0.443 e.